The zero-order valence-electron chi connectivity index (χ0n) is 11.5. The van der Waals surface area contributed by atoms with Gasteiger partial charge in [0, 0.05) is 17.5 Å². The Hall–Kier alpha value is -2.90. The molecule has 4 amide bonds. The number of rotatable bonds is 2. The third kappa shape index (κ3) is 2.28. The van der Waals surface area contributed by atoms with E-state index in [0.717, 1.165) is 0 Å². The number of carbonyl (C=O) groups is 4. The predicted octanol–water partition coefficient (Wildman–Crippen LogP) is -0.0949. The highest BCUT2D eigenvalue weighted by Gasteiger charge is 2.40. The lowest BCUT2D eigenvalue weighted by Crippen LogP contribution is -2.52. The number of amides is 4. The summed E-state index contributed by atoms with van der Waals surface area (Å²) < 4.78 is 4.89. The molecule has 1 aromatic carbocycles. The number of nitrogens with zero attached hydrogens (tertiary/aromatic N) is 1. The van der Waals surface area contributed by atoms with E-state index >= 15 is 0 Å². The summed E-state index contributed by atoms with van der Waals surface area (Å²) in [6.07, 6.45) is -0.516. The van der Waals surface area contributed by atoms with Gasteiger partial charge in [0.05, 0.1) is 6.54 Å². The Labute approximate surface area is 125 Å². The first-order valence-corrected chi connectivity index (χ1v) is 6.71. The van der Waals surface area contributed by atoms with Crippen LogP contribution in [-0.2, 0) is 16.1 Å². The van der Waals surface area contributed by atoms with Gasteiger partial charge in [-0.05, 0) is 18.6 Å². The maximum absolute atomic E-state index is 12.5. The molecule has 3 N–H and O–H groups in total. The number of carbonyl (C=O) groups excluding carboxylic acids is 4. The van der Waals surface area contributed by atoms with Crippen LogP contribution in [0.25, 0.3) is 0 Å². The van der Waals surface area contributed by atoms with Crippen molar-refractivity contribution in [3.05, 3.63) is 29.3 Å². The molecule has 0 spiro atoms. The van der Waals surface area contributed by atoms with Crippen molar-refractivity contribution in [3.8, 4) is 5.75 Å². The van der Waals surface area contributed by atoms with Gasteiger partial charge in [-0.15, -0.1) is 0 Å². The summed E-state index contributed by atoms with van der Waals surface area (Å²) >= 11 is 0. The second kappa shape index (κ2) is 5.14. The maximum Gasteiger partial charge on any atom is 0.409 e. The van der Waals surface area contributed by atoms with Crippen LogP contribution in [0.4, 0.5) is 4.79 Å². The van der Waals surface area contributed by atoms with Crippen LogP contribution in [-0.4, -0.2) is 34.8 Å². The third-order valence-electron chi connectivity index (χ3n) is 3.75. The molecule has 2 heterocycles. The fraction of sp³-hybridized carbons (Fsp3) is 0.286. The Kier molecular flexibility index (Phi) is 3.28. The van der Waals surface area contributed by atoms with Gasteiger partial charge in [-0.2, -0.15) is 0 Å². The van der Waals surface area contributed by atoms with Gasteiger partial charge in [-0.3, -0.25) is 19.7 Å². The fourth-order valence-corrected chi connectivity index (χ4v) is 2.76. The van der Waals surface area contributed by atoms with Gasteiger partial charge in [-0.1, -0.05) is 6.07 Å². The van der Waals surface area contributed by atoms with Gasteiger partial charge < -0.3 is 15.4 Å². The van der Waals surface area contributed by atoms with E-state index in [1.165, 1.54) is 11.0 Å². The van der Waals surface area contributed by atoms with Crippen LogP contribution < -0.4 is 15.8 Å². The average Bonchev–Trinajstić information content (AvgIpc) is 2.77. The lowest BCUT2D eigenvalue weighted by atomic mass is 10.0. The molecular formula is C14H13N3O5. The number of hydrogen-bond donors (Lipinski definition) is 2. The Balaban J connectivity index is 1.89. The Bertz CT molecular complexity index is 700. The Morgan fingerprint density at radius 1 is 1.32 bits per heavy atom. The molecule has 2 aliphatic heterocycles. The lowest BCUT2D eigenvalue weighted by Gasteiger charge is -2.29. The van der Waals surface area contributed by atoms with Crippen molar-refractivity contribution in [1.29, 1.82) is 0 Å². The van der Waals surface area contributed by atoms with Gasteiger partial charge >= 0.3 is 6.09 Å². The first-order valence-electron chi connectivity index (χ1n) is 6.71. The summed E-state index contributed by atoms with van der Waals surface area (Å²) in [5.41, 5.74) is 5.88. The number of hydrogen-bond acceptors (Lipinski definition) is 5. The predicted molar refractivity (Wildman–Crippen MR) is 72.7 cm³/mol. The number of primary amides is 1. The molecular weight excluding hydrogens is 290 g/mol. The zero-order chi connectivity index (χ0) is 15.9. The SMILES string of the molecule is NC(=O)Oc1cccc2c1CN(C1CCC(=O)NC1=O)C2=O. The van der Waals surface area contributed by atoms with E-state index in [1.807, 2.05) is 0 Å². The van der Waals surface area contributed by atoms with E-state index < -0.39 is 18.0 Å². The molecule has 0 radical (unpaired) electrons. The van der Waals surface area contributed by atoms with Gasteiger partial charge in [0.1, 0.15) is 11.8 Å². The molecule has 8 heteroatoms. The number of piperidine rings is 1. The molecule has 1 saturated heterocycles. The molecule has 0 aliphatic carbocycles. The van der Waals surface area contributed by atoms with Crippen molar-refractivity contribution in [2.75, 3.05) is 0 Å². The molecule has 3 rings (SSSR count). The minimum Gasteiger partial charge on any atom is -0.410 e. The maximum atomic E-state index is 12.5. The summed E-state index contributed by atoms with van der Waals surface area (Å²) in [4.78, 5) is 47.9. The van der Waals surface area contributed by atoms with E-state index in [4.69, 9.17) is 10.5 Å². The van der Waals surface area contributed by atoms with Crippen LogP contribution in [0.1, 0.15) is 28.8 Å². The van der Waals surface area contributed by atoms with Crippen molar-refractivity contribution in [2.24, 2.45) is 5.73 Å². The summed E-state index contributed by atoms with van der Waals surface area (Å²) in [6.45, 7) is 0.129. The highest BCUT2D eigenvalue weighted by Crippen LogP contribution is 2.33. The van der Waals surface area contributed by atoms with E-state index in [1.54, 1.807) is 12.1 Å². The first kappa shape index (κ1) is 14.1. The fourth-order valence-electron chi connectivity index (χ4n) is 2.76. The highest BCUT2D eigenvalue weighted by atomic mass is 16.5. The van der Waals surface area contributed by atoms with Crippen molar-refractivity contribution in [2.45, 2.75) is 25.4 Å². The van der Waals surface area contributed by atoms with Crippen LogP contribution in [0.2, 0.25) is 0 Å². The number of ether oxygens (including phenoxy) is 1. The molecule has 8 nitrogen and oxygen atoms in total. The normalized spacial score (nSPS) is 20.6. The smallest absolute Gasteiger partial charge is 0.409 e. The molecule has 0 bridgehead atoms. The summed E-state index contributed by atoms with van der Waals surface area (Å²) in [5, 5.41) is 2.22. The highest BCUT2D eigenvalue weighted by molar-refractivity contribution is 6.05. The van der Waals surface area contributed by atoms with Crippen molar-refractivity contribution in [3.63, 3.8) is 0 Å². The van der Waals surface area contributed by atoms with Crippen molar-refractivity contribution < 1.29 is 23.9 Å². The monoisotopic (exact) mass is 303 g/mol. The number of fused-ring (bicyclic) bond motifs is 1. The molecule has 1 atom stereocenters. The second-order valence-corrected chi connectivity index (χ2v) is 5.10. The van der Waals surface area contributed by atoms with Crippen molar-refractivity contribution in [1.82, 2.24) is 10.2 Å². The van der Waals surface area contributed by atoms with Gasteiger partial charge in [0.2, 0.25) is 11.8 Å². The molecule has 2 aliphatic rings. The quantitative estimate of drug-likeness (QED) is 0.740. The Morgan fingerprint density at radius 3 is 2.77 bits per heavy atom. The summed E-state index contributed by atoms with van der Waals surface area (Å²) in [5.74, 6) is -0.967. The van der Waals surface area contributed by atoms with E-state index in [0.29, 0.717) is 11.1 Å². The number of nitrogens with one attached hydrogen (secondary N) is 1. The molecule has 22 heavy (non-hydrogen) atoms. The van der Waals surface area contributed by atoms with E-state index in [-0.39, 0.29) is 37.0 Å². The Morgan fingerprint density at radius 2 is 2.09 bits per heavy atom. The average molecular weight is 303 g/mol. The van der Waals surface area contributed by atoms with Crippen LogP contribution in [0.15, 0.2) is 18.2 Å². The van der Waals surface area contributed by atoms with Crippen LogP contribution in [0, 0.1) is 0 Å². The van der Waals surface area contributed by atoms with Gasteiger partial charge in [0.15, 0.2) is 0 Å². The van der Waals surface area contributed by atoms with E-state index in [9.17, 15) is 19.2 Å². The standard InChI is InChI=1S/C14H13N3O5/c15-14(21)22-10-3-1-2-7-8(10)6-17(13(7)20)9-4-5-11(18)16-12(9)19/h1-3,9H,4-6H2,(H2,15,21)(H,16,18,19). The largest absolute Gasteiger partial charge is 0.410 e. The molecule has 1 fully saturated rings. The van der Waals surface area contributed by atoms with Gasteiger partial charge in [0.25, 0.3) is 5.91 Å². The second-order valence-electron chi connectivity index (χ2n) is 5.10. The molecule has 1 aromatic rings. The zero-order valence-corrected chi connectivity index (χ0v) is 11.5. The minimum absolute atomic E-state index is 0.129. The number of nitrogens with two attached hydrogens (primary N) is 1. The van der Waals surface area contributed by atoms with Crippen molar-refractivity contribution >= 4 is 23.8 Å². The third-order valence-corrected chi connectivity index (χ3v) is 3.75. The first-order chi connectivity index (χ1) is 10.5. The molecule has 0 aromatic heterocycles. The molecule has 1 unspecified atom stereocenters. The molecule has 114 valence electrons. The topological polar surface area (TPSA) is 119 Å². The lowest BCUT2D eigenvalue weighted by molar-refractivity contribution is -0.136. The van der Waals surface area contributed by atoms with Crippen LogP contribution >= 0.6 is 0 Å². The minimum atomic E-state index is -0.972. The van der Waals surface area contributed by atoms with E-state index in [2.05, 4.69) is 5.32 Å². The molecule has 0 saturated carbocycles. The van der Waals surface area contributed by atoms with Crippen LogP contribution in [0.3, 0.4) is 0 Å². The number of imide groups is 1. The van der Waals surface area contributed by atoms with Crippen LogP contribution in [0.5, 0.6) is 5.75 Å². The summed E-state index contributed by atoms with van der Waals surface area (Å²) in [7, 11) is 0. The number of benzene rings is 1. The summed E-state index contributed by atoms with van der Waals surface area (Å²) in [6, 6.07) is 3.99. The van der Waals surface area contributed by atoms with Gasteiger partial charge in [-0.25, -0.2) is 4.79 Å².